The quantitative estimate of drug-likeness (QED) is 0.206. The lowest BCUT2D eigenvalue weighted by Crippen LogP contribution is -2.33. The summed E-state index contributed by atoms with van der Waals surface area (Å²) < 4.78 is 12.4. The Hall–Kier alpha value is -4.58. The lowest BCUT2D eigenvalue weighted by atomic mass is 9.83. The van der Waals surface area contributed by atoms with Crippen molar-refractivity contribution in [2.45, 2.75) is 22.7 Å². The van der Waals surface area contributed by atoms with Crippen LogP contribution in [-0.4, -0.2) is 41.8 Å². The molecule has 1 fully saturated rings. The number of benzene rings is 4. The number of methoxy groups -OCH3 is 2. The highest BCUT2D eigenvalue weighted by Gasteiger charge is 2.57. The fourth-order valence-electron chi connectivity index (χ4n) is 6.12. The van der Waals surface area contributed by atoms with E-state index in [1.807, 2.05) is 48.5 Å². The van der Waals surface area contributed by atoms with E-state index in [0.29, 0.717) is 43.4 Å². The number of halogens is 1. The molecule has 0 bridgehead atoms. The molecule has 1 saturated heterocycles. The van der Waals surface area contributed by atoms with Crippen LogP contribution in [0.4, 0.5) is 11.4 Å². The minimum Gasteiger partial charge on any atom is -0.493 e. The van der Waals surface area contributed by atoms with Gasteiger partial charge >= 0.3 is 4.87 Å². The molecule has 3 atom stereocenters. The molecule has 46 heavy (non-hydrogen) atoms. The summed E-state index contributed by atoms with van der Waals surface area (Å²) in [5.74, 6) is -1.68. The smallest absolute Gasteiger partial charge is 0.308 e. The molecule has 0 radical (unpaired) electrons. The van der Waals surface area contributed by atoms with Gasteiger partial charge in [-0.2, -0.15) is 0 Å². The second-order valence-corrected chi connectivity index (χ2v) is 13.4. The molecule has 2 aliphatic heterocycles. The Morgan fingerprint density at radius 1 is 0.870 bits per heavy atom. The van der Waals surface area contributed by atoms with Crippen LogP contribution in [0.3, 0.4) is 0 Å². The molecule has 7 rings (SSSR count). The number of aromatic nitrogens is 1. The van der Waals surface area contributed by atoms with Gasteiger partial charge in [0.25, 0.3) is 0 Å². The van der Waals surface area contributed by atoms with Crippen LogP contribution in [0, 0.1) is 5.92 Å². The number of rotatable bonds is 7. The first-order valence-corrected chi connectivity index (χ1v) is 16.4. The number of imide groups is 1. The first kappa shape index (κ1) is 30.1. The molecule has 3 heterocycles. The van der Waals surface area contributed by atoms with Crippen molar-refractivity contribution in [2.24, 2.45) is 5.92 Å². The number of fused-ring (bicyclic) bond motifs is 3. The lowest BCUT2D eigenvalue weighted by Gasteiger charge is -2.31. The van der Waals surface area contributed by atoms with Gasteiger partial charge in [-0.25, -0.2) is 4.90 Å². The van der Waals surface area contributed by atoms with Crippen molar-refractivity contribution in [2.75, 3.05) is 24.4 Å². The zero-order valence-corrected chi connectivity index (χ0v) is 26.9. The number of hydrogen-bond acceptors (Lipinski definition) is 8. The largest absolute Gasteiger partial charge is 0.493 e. The Kier molecular flexibility index (Phi) is 7.83. The van der Waals surface area contributed by atoms with Crippen LogP contribution in [0.2, 0.25) is 5.02 Å². The molecule has 232 valence electrons. The van der Waals surface area contributed by atoms with Crippen LogP contribution in [0.1, 0.15) is 16.4 Å². The Balaban J connectivity index is 1.28. The minimum atomic E-state index is -0.836. The van der Waals surface area contributed by atoms with Gasteiger partial charge in [-0.15, -0.1) is 0 Å². The van der Waals surface area contributed by atoms with Crippen LogP contribution in [0.25, 0.3) is 10.8 Å². The fraction of sp³-hybridized carbons (Fsp3) is 0.176. The highest BCUT2D eigenvalue weighted by molar-refractivity contribution is 8.00. The normalized spacial score (nSPS) is 18.8. The number of hydrogen-bond donors (Lipinski definition) is 1. The van der Waals surface area contributed by atoms with E-state index in [0.717, 1.165) is 33.9 Å². The molecule has 5 aromatic rings. The lowest BCUT2D eigenvalue weighted by molar-refractivity contribution is -0.122. The van der Waals surface area contributed by atoms with E-state index < -0.39 is 23.0 Å². The van der Waals surface area contributed by atoms with Gasteiger partial charge in [-0.1, -0.05) is 71.1 Å². The molecule has 0 spiro atoms. The summed E-state index contributed by atoms with van der Waals surface area (Å²) in [7, 11) is 3.04. The Morgan fingerprint density at radius 3 is 2.35 bits per heavy atom. The molecular formula is C34H26ClN3O6S2. The van der Waals surface area contributed by atoms with E-state index in [-0.39, 0.29) is 23.2 Å². The topological polar surface area (TPSA) is 107 Å². The highest BCUT2D eigenvalue weighted by atomic mass is 35.5. The van der Waals surface area contributed by atoms with Gasteiger partial charge in [0.2, 0.25) is 17.7 Å². The van der Waals surface area contributed by atoms with Crippen molar-refractivity contribution in [1.82, 2.24) is 4.57 Å². The third-order valence-electron chi connectivity index (χ3n) is 8.24. The van der Waals surface area contributed by atoms with Crippen LogP contribution < -0.4 is 24.6 Å². The maximum atomic E-state index is 14.1. The molecule has 0 aliphatic carbocycles. The van der Waals surface area contributed by atoms with E-state index in [4.69, 9.17) is 21.1 Å². The molecule has 1 N–H and O–H groups in total. The summed E-state index contributed by atoms with van der Waals surface area (Å²) in [4.78, 5) is 56.4. The van der Waals surface area contributed by atoms with Gasteiger partial charge in [-0.3, -0.25) is 23.7 Å². The predicted molar refractivity (Wildman–Crippen MR) is 180 cm³/mol. The third-order valence-corrected chi connectivity index (χ3v) is 11.1. The van der Waals surface area contributed by atoms with E-state index in [1.165, 1.54) is 23.7 Å². The number of anilines is 2. The van der Waals surface area contributed by atoms with Gasteiger partial charge in [0.1, 0.15) is 11.8 Å². The number of thiazole rings is 1. The fourth-order valence-corrected chi connectivity index (χ4v) is 9.02. The molecular weight excluding hydrogens is 646 g/mol. The van der Waals surface area contributed by atoms with E-state index in [2.05, 4.69) is 5.32 Å². The highest BCUT2D eigenvalue weighted by Crippen LogP contribution is 2.54. The van der Waals surface area contributed by atoms with Crippen molar-refractivity contribution in [3.05, 3.63) is 110 Å². The summed E-state index contributed by atoms with van der Waals surface area (Å²) >= 11 is 8.22. The molecule has 2 unspecified atom stereocenters. The van der Waals surface area contributed by atoms with Crippen LogP contribution >= 0.6 is 34.7 Å². The average molecular weight is 672 g/mol. The third kappa shape index (κ3) is 5.14. The number of nitrogens with zero attached hydrogens (tertiary/aromatic N) is 2. The second kappa shape index (κ2) is 12.0. The number of nitrogens with one attached hydrogen (secondary N) is 1. The number of amides is 3. The standard InChI is InChI=1S/C34H26ClN3O6S2/c1-43-24-14-8-20(16-25(24)44-2)27-28-29(32(41)38(31(28)40)23-12-9-21(35)10-13-23)45-33-30(27)46-34(42)37(33)17-26(39)36-22-11-7-18-5-3-4-6-19(18)15-22/h3-16,27-29H,17H2,1-2H3,(H,36,39)/t27-,28?,29?/m1/s1. The van der Waals surface area contributed by atoms with Gasteiger partial charge in [0.05, 0.1) is 30.9 Å². The monoisotopic (exact) mass is 671 g/mol. The van der Waals surface area contributed by atoms with Gasteiger partial charge in [-0.05, 0) is 64.9 Å². The van der Waals surface area contributed by atoms with Crippen LogP contribution in [-0.2, 0) is 20.9 Å². The van der Waals surface area contributed by atoms with Gasteiger partial charge in [0, 0.05) is 21.5 Å². The van der Waals surface area contributed by atoms with Crippen molar-refractivity contribution in [3.63, 3.8) is 0 Å². The molecule has 3 amide bonds. The molecule has 12 heteroatoms. The zero-order valence-electron chi connectivity index (χ0n) is 24.6. The molecule has 4 aromatic carbocycles. The zero-order chi connectivity index (χ0) is 32.1. The summed E-state index contributed by atoms with van der Waals surface area (Å²) in [5.41, 5.74) is 1.70. The molecule has 2 aliphatic rings. The maximum Gasteiger partial charge on any atom is 0.308 e. The van der Waals surface area contributed by atoms with Crippen molar-refractivity contribution < 1.29 is 23.9 Å². The maximum absolute atomic E-state index is 14.1. The minimum absolute atomic E-state index is 0.260. The number of thioether (sulfide) groups is 1. The number of carbonyl (C=O) groups excluding carboxylic acids is 3. The van der Waals surface area contributed by atoms with E-state index >= 15 is 0 Å². The van der Waals surface area contributed by atoms with Crippen molar-refractivity contribution >= 4 is 74.6 Å². The van der Waals surface area contributed by atoms with Crippen LogP contribution in [0.5, 0.6) is 11.5 Å². The summed E-state index contributed by atoms with van der Waals surface area (Å²) in [6.07, 6.45) is 0. The van der Waals surface area contributed by atoms with Crippen molar-refractivity contribution in [1.29, 1.82) is 0 Å². The first-order valence-electron chi connectivity index (χ1n) is 14.3. The number of carbonyl (C=O) groups is 3. The van der Waals surface area contributed by atoms with E-state index in [9.17, 15) is 19.2 Å². The Labute approximate surface area is 276 Å². The van der Waals surface area contributed by atoms with Gasteiger partial charge in [0.15, 0.2) is 11.5 Å². The summed E-state index contributed by atoms with van der Waals surface area (Å²) in [6.45, 7) is -0.260. The predicted octanol–water partition coefficient (Wildman–Crippen LogP) is 6.17. The molecule has 1 aromatic heterocycles. The summed E-state index contributed by atoms with van der Waals surface area (Å²) in [6, 6.07) is 25.3. The van der Waals surface area contributed by atoms with Crippen molar-refractivity contribution in [3.8, 4) is 11.5 Å². The SMILES string of the molecule is COc1ccc([C@H]2c3sc(=O)n(CC(=O)Nc4ccc5ccccc5c4)c3SC3C(=O)N(c4ccc(Cl)cc4)C(=O)C32)cc1OC. The first-order chi connectivity index (χ1) is 22.3. The second-order valence-electron chi connectivity index (χ2n) is 10.9. The van der Waals surface area contributed by atoms with Crippen LogP contribution in [0.15, 0.2) is 94.7 Å². The van der Waals surface area contributed by atoms with E-state index in [1.54, 1.807) is 36.4 Å². The Morgan fingerprint density at radius 2 is 1.61 bits per heavy atom. The average Bonchev–Trinajstić information content (AvgIpc) is 3.50. The number of ether oxygens (including phenoxy) is 2. The molecule has 9 nitrogen and oxygen atoms in total. The summed E-state index contributed by atoms with van der Waals surface area (Å²) in [5, 5.41) is 5.04. The van der Waals surface area contributed by atoms with Gasteiger partial charge < -0.3 is 14.8 Å². The molecule has 0 saturated carbocycles. The Bertz CT molecular complexity index is 2090.